The topological polar surface area (TPSA) is 46.5 Å². The minimum atomic E-state index is -4.52. The van der Waals surface area contributed by atoms with Gasteiger partial charge in [0.2, 0.25) is 0 Å². The lowest BCUT2D eigenvalue weighted by molar-refractivity contribution is -0.139. The SMILES string of the molecule is O=C(O)c1ccccc1COc1ccccc1C(F)(F)F. The molecule has 0 saturated carbocycles. The smallest absolute Gasteiger partial charge is 0.419 e. The maximum Gasteiger partial charge on any atom is 0.419 e. The minimum absolute atomic E-state index is 0.00184. The predicted molar refractivity (Wildman–Crippen MR) is 69.2 cm³/mol. The number of rotatable bonds is 4. The molecule has 0 saturated heterocycles. The van der Waals surface area contributed by atoms with Gasteiger partial charge in [-0.3, -0.25) is 0 Å². The lowest BCUT2D eigenvalue weighted by atomic mass is 10.1. The van der Waals surface area contributed by atoms with Gasteiger partial charge < -0.3 is 9.84 Å². The Morgan fingerprint density at radius 2 is 1.67 bits per heavy atom. The molecule has 0 fully saturated rings. The van der Waals surface area contributed by atoms with Crippen LogP contribution in [-0.2, 0) is 12.8 Å². The van der Waals surface area contributed by atoms with E-state index in [9.17, 15) is 18.0 Å². The van der Waals surface area contributed by atoms with Crippen molar-refractivity contribution in [2.45, 2.75) is 12.8 Å². The fourth-order valence-corrected chi connectivity index (χ4v) is 1.84. The summed E-state index contributed by atoms with van der Waals surface area (Å²) in [6.07, 6.45) is -4.52. The van der Waals surface area contributed by atoms with Gasteiger partial charge in [0.05, 0.1) is 11.1 Å². The zero-order chi connectivity index (χ0) is 15.5. The molecule has 0 atom stereocenters. The summed E-state index contributed by atoms with van der Waals surface area (Å²) in [6.45, 7) is -0.254. The molecule has 1 N–H and O–H groups in total. The molecule has 0 radical (unpaired) electrons. The van der Waals surface area contributed by atoms with E-state index in [1.807, 2.05) is 0 Å². The van der Waals surface area contributed by atoms with Crippen molar-refractivity contribution in [3.8, 4) is 5.75 Å². The largest absolute Gasteiger partial charge is 0.488 e. The summed E-state index contributed by atoms with van der Waals surface area (Å²) in [6, 6.07) is 10.8. The molecule has 0 bridgehead atoms. The molecule has 0 aliphatic heterocycles. The Kier molecular flexibility index (Phi) is 4.16. The summed E-state index contributed by atoms with van der Waals surface area (Å²) in [5.74, 6) is -1.48. The van der Waals surface area contributed by atoms with Crippen LogP contribution in [0.5, 0.6) is 5.75 Å². The molecule has 0 amide bonds. The third kappa shape index (κ3) is 3.53. The predicted octanol–water partition coefficient (Wildman–Crippen LogP) is 3.98. The highest BCUT2D eigenvalue weighted by Crippen LogP contribution is 2.36. The third-order valence-corrected chi connectivity index (χ3v) is 2.82. The molecule has 21 heavy (non-hydrogen) atoms. The number of benzene rings is 2. The Morgan fingerprint density at radius 1 is 1.05 bits per heavy atom. The molecule has 6 heteroatoms. The van der Waals surface area contributed by atoms with Gasteiger partial charge in [-0.25, -0.2) is 4.79 Å². The van der Waals surface area contributed by atoms with Gasteiger partial charge in [0, 0.05) is 5.56 Å². The Morgan fingerprint density at radius 3 is 2.33 bits per heavy atom. The summed E-state index contributed by atoms with van der Waals surface area (Å²) in [4.78, 5) is 11.0. The van der Waals surface area contributed by atoms with Crippen molar-refractivity contribution in [3.05, 3.63) is 65.2 Å². The van der Waals surface area contributed by atoms with Gasteiger partial charge in [0.15, 0.2) is 0 Å². The quantitative estimate of drug-likeness (QED) is 0.928. The fraction of sp³-hybridized carbons (Fsp3) is 0.133. The highest BCUT2D eigenvalue weighted by atomic mass is 19.4. The van der Waals surface area contributed by atoms with E-state index in [4.69, 9.17) is 9.84 Å². The molecular weight excluding hydrogens is 285 g/mol. The third-order valence-electron chi connectivity index (χ3n) is 2.82. The average Bonchev–Trinajstić information content (AvgIpc) is 2.44. The van der Waals surface area contributed by atoms with Gasteiger partial charge in [-0.15, -0.1) is 0 Å². The first-order valence-corrected chi connectivity index (χ1v) is 6.00. The van der Waals surface area contributed by atoms with Crippen LogP contribution in [0.3, 0.4) is 0 Å². The molecular formula is C15H11F3O3. The van der Waals surface area contributed by atoms with Gasteiger partial charge in [0.1, 0.15) is 12.4 Å². The first kappa shape index (κ1) is 14.9. The van der Waals surface area contributed by atoms with Gasteiger partial charge in [-0.1, -0.05) is 30.3 Å². The Bertz CT molecular complexity index is 651. The first-order valence-electron chi connectivity index (χ1n) is 6.00. The van der Waals surface area contributed by atoms with Gasteiger partial charge in [0.25, 0.3) is 0 Å². The summed E-state index contributed by atoms with van der Waals surface area (Å²) in [7, 11) is 0. The zero-order valence-electron chi connectivity index (χ0n) is 10.7. The van der Waals surface area contributed by atoms with Crippen LogP contribution in [0.25, 0.3) is 0 Å². The molecule has 0 heterocycles. The zero-order valence-corrected chi connectivity index (χ0v) is 10.7. The van der Waals surface area contributed by atoms with Crippen molar-refractivity contribution in [2.75, 3.05) is 0 Å². The second-order valence-corrected chi connectivity index (χ2v) is 4.24. The van der Waals surface area contributed by atoms with Gasteiger partial charge in [-0.2, -0.15) is 13.2 Å². The summed E-state index contributed by atoms with van der Waals surface area (Å²) < 4.78 is 43.6. The molecule has 2 aromatic rings. The maximum atomic E-state index is 12.8. The van der Waals surface area contributed by atoms with Crippen molar-refractivity contribution >= 4 is 5.97 Å². The number of carbonyl (C=O) groups is 1. The van der Waals surface area contributed by atoms with Crippen molar-refractivity contribution < 1.29 is 27.8 Å². The molecule has 2 rings (SSSR count). The van der Waals surface area contributed by atoms with Crippen LogP contribution in [0.2, 0.25) is 0 Å². The molecule has 2 aromatic carbocycles. The van der Waals surface area contributed by atoms with E-state index in [0.717, 1.165) is 6.07 Å². The minimum Gasteiger partial charge on any atom is -0.488 e. The maximum absolute atomic E-state index is 12.8. The fourth-order valence-electron chi connectivity index (χ4n) is 1.84. The van der Waals surface area contributed by atoms with Crippen LogP contribution >= 0.6 is 0 Å². The van der Waals surface area contributed by atoms with E-state index in [1.54, 1.807) is 6.07 Å². The van der Waals surface area contributed by atoms with Crippen LogP contribution in [-0.4, -0.2) is 11.1 Å². The van der Waals surface area contributed by atoms with E-state index in [-0.39, 0.29) is 17.9 Å². The summed E-state index contributed by atoms with van der Waals surface area (Å²) >= 11 is 0. The summed E-state index contributed by atoms with van der Waals surface area (Å²) in [5.41, 5.74) is -0.582. The molecule has 110 valence electrons. The second kappa shape index (κ2) is 5.87. The number of aromatic carboxylic acids is 1. The van der Waals surface area contributed by atoms with E-state index in [1.165, 1.54) is 36.4 Å². The van der Waals surface area contributed by atoms with Crippen LogP contribution in [0, 0.1) is 0 Å². The summed E-state index contributed by atoms with van der Waals surface area (Å²) in [5, 5.41) is 9.01. The Labute approximate surface area is 118 Å². The monoisotopic (exact) mass is 296 g/mol. The number of hydrogen-bond acceptors (Lipinski definition) is 2. The second-order valence-electron chi connectivity index (χ2n) is 4.24. The highest BCUT2D eigenvalue weighted by molar-refractivity contribution is 5.89. The molecule has 0 spiro atoms. The van der Waals surface area contributed by atoms with E-state index in [0.29, 0.717) is 5.56 Å². The van der Waals surface area contributed by atoms with Gasteiger partial charge >= 0.3 is 12.1 Å². The van der Waals surface area contributed by atoms with Crippen molar-refractivity contribution in [2.24, 2.45) is 0 Å². The number of para-hydroxylation sites is 1. The van der Waals surface area contributed by atoms with Crippen LogP contribution < -0.4 is 4.74 Å². The average molecular weight is 296 g/mol. The van der Waals surface area contributed by atoms with E-state index in [2.05, 4.69) is 0 Å². The Balaban J connectivity index is 2.24. The molecule has 0 aliphatic rings. The van der Waals surface area contributed by atoms with Crippen LogP contribution in [0.4, 0.5) is 13.2 Å². The van der Waals surface area contributed by atoms with Crippen LogP contribution in [0.15, 0.2) is 48.5 Å². The highest BCUT2D eigenvalue weighted by Gasteiger charge is 2.34. The molecule has 0 aromatic heterocycles. The number of hydrogen-bond donors (Lipinski definition) is 1. The Hall–Kier alpha value is -2.50. The number of carboxylic acids is 1. The number of halogens is 3. The molecule has 0 aliphatic carbocycles. The van der Waals surface area contributed by atoms with Crippen molar-refractivity contribution in [1.82, 2.24) is 0 Å². The standard InChI is InChI=1S/C15H11F3O3/c16-15(17,18)12-7-3-4-8-13(12)21-9-10-5-1-2-6-11(10)14(19)20/h1-8H,9H2,(H,19,20). The normalized spacial score (nSPS) is 11.2. The van der Waals surface area contributed by atoms with Crippen molar-refractivity contribution in [1.29, 1.82) is 0 Å². The lowest BCUT2D eigenvalue weighted by Gasteiger charge is -2.14. The number of alkyl halides is 3. The molecule has 3 nitrogen and oxygen atoms in total. The lowest BCUT2D eigenvalue weighted by Crippen LogP contribution is -2.10. The van der Waals surface area contributed by atoms with E-state index >= 15 is 0 Å². The van der Waals surface area contributed by atoms with E-state index < -0.39 is 17.7 Å². The molecule has 0 unspecified atom stereocenters. The number of carboxylic acid groups (broad SMARTS) is 1. The van der Waals surface area contributed by atoms with Crippen LogP contribution in [0.1, 0.15) is 21.5 Å². The number of ether oxygens (including phenoxy) is 1. The van der Waals surface area contributed by atoms with Gasteiger partial charge in [-0.05, 0) is 18.2 Å². The van der Waals surface area contributed by atoms with Crippen molar-refractivity contribution in [3.63, 3.8) is 0 Å². The first-order chi connectivity index (χ1) is 9.89.